The van der Waals surface area contributed by atoms with Gasteiger partial charge < -0.3 is 4.74 Å². The number of aryl methyl sites for hydroxylation is 2. The normalized spacial score (nSPS) is 9.73. The van der Waals surface area contributed by atoms with E-state index in [4.69, 9.17) is 10.00 Å². The highest BCUT2D eigenvalue weighted by Gasteiger charge is 2.20. The molecule has 5 nitrogen and oxygen atoms in total. The van der Waals surface area contributed by atoms with Gasteiger partial charge in [0.1, 0.15) is 5.56 Å². The summed E-state index contributed by atoms with van der Waals surface area (Å²) in [4.78, 5) is 11.7. The van der Waals surface area contributed by atoms with Gasteiger partial charge in [0.25, 0.3) is 0 Å². The summed E-state index contributed by atoms with van der Waals surface area (Å²) >= 11 is 0. The molecule has 0 saturated heterocycles. The third-order valence-electron chi connectivity index (χ3n) is 2.11. The third kappa shape index (κ3) is 2.15. The zero-order valence-corrected chi connectivity index (χ0v) is 9.07. The molecule has 1 aromatic rings. The van der Waals surface area contributed by atoms with E-state index < -0.39 is 0 Å². The van der Waals surface area contributed by atoms with Crippen molar-refractivity contribution in [1.82, 2.24) is 9.78 Å². The Balaban J connectivity index is 3.02. The average molecular weight is 207 g/mol. The second-order valence-corrected chi connectivity index (χ2v) is 3.17. The Kier molecular flexibility index (Phi) is 3.45. The fourth-order valence-corrected chi connectivity index (χ4v) is 1.49. The standard InChI is InChI=1S/C10H13N3O2/c1-7-9(8(14)5-4-6-11)10(15-3)13(2)12-7/h4-5H2,1-3H3. The van der Waals surface area contributed by atoms with E-state index in [0.29, 0.717) is 17.1 Å². The van der Waals surface area contributed by atoms with Crippen LogP contribution in [0.15, 0.2) is 0 Å². The Bertz CT molecular complexity index is 415. The molecule has 0 N–H and O–H groups in total. The second kappa shape index (κ2) is 4.60. The fourth-order valence-electron chi connectivity index (χ4n) is 1.49. The molecule has 0 aliphatic heterocycles. The molecule has 1 rings (SSSR count). The maximum atomic E-state index is 11.7. The van der Waals surface area contributed by atoms with Crippen LogP contribution in [0.5, 0.6) is 5.88 Å². The quantitative estimate of drug-likeness (QED) is 0.696. The summed E-state index contributed by atoms with van der Waals surface area (Å²) in [5, 5.41) is 12.5. The molecule has 0 aliphatic carbocycles. The molecule has 0 radical (unpaired) electrons. The molecule has 0 aromatic carbocycles. The lowest BCUT2D eigenvalue weighted by Gasteiger charge is -2.02. The van der Waals surface area contributed by atoms with Crippen molar-refractivity contribution in [2.75, 3.05) is 7.11 Å². The molecule has 0 spiro atoms. The van der Waals surface area contributed by atoms with Crippen LogP contribution in [-0.4, -0.2) is 22.7 Å². The molecular formula is C10H13N3O2. The molecule has 0 saturated carbocycles. The average Bonchev–Trinajstić information content (AvgIpc) is 2.49. The van der Waals surface area contributed by atoms with Gasteiger partial charge in [0.2, 0.25) is 5.88 Å². The van der Waals surface area contributed by atoms with Crippen LogP contribution in [0.1, 0.15) is 28.9 Å². The van der Waals surface area contributed by atoms with Crippen molar-refractivity contribution in [3.8, 4) is 11.9 Å². The molecule has 1 heterocycles. The van der Waals surface area contributed by atoms with Crippen LogP contribution in [0, 0.1) is 18.3 Å². The van der Waals surface area contributed by atoms with Crippen molar-refractivity contribution in [3.05, 3.63) is 11.3 Å². The summed E-state index contributed by atoms with van der Waals surface area (Å²) in [7, 11) is 3.21. The van der Waals surface area contributed by atoms with Crippen LogP contribution in [0.3, 0.4) is 0 Å². The van der Waals surface area contributed by atoms with E-state index in [9.17, 15) is 4.79 Å². The monoisotopic (exact) mass is 207 g/mol. The third-order valence-corrected chi connectivity index (χ3v) is 2.11. The zero-order chi connectivity index (χ0) is 11.4. The number of Topliss-reactive ketones (excluding diaryl/α,β-unsaturated/α-hetero) is 1. The number of methoxy groups -OCH3 is 1. The van der Waals surface area contributed by atoms with Crippen molar-refractivity contribution in [1.29, 1.82) is 5.26 Å². The SMILES string of the molecule is COc1c(C(=O)CCC#N)c(C)nn1C. The Labute approximate surface area is 88.3 Å². The lowest BCUT2D eigenvalue weighted by molar-refractivity contribution is 0.0980. The first-order chi connectivity index (χ1) is 7.11. The fraction of sp³-hybridized carbons (Fsp3) is 0.500. The Hall–Kier alpha value is -1.83. The molecule has 0 bridgehead atoms. The van der Waals surface area contributed by atoms with Crippen LogP contribution in [0.2, 0.25) is 0 Å². The number of nitrogens with zero attached hydrogens (tertiary/aromatic N) is 3. The van der Waals surface area contributed by atoms with Crippen molar-refractivity contribution < 1.29 is 9.53 Å². The number of ketones is 1. The van der Waals surface area contributed by atoms with E-state index in [1.165, 1.54) is 11.8 Å². The summed E-state index contributed by atoms with van der Waals surface area (Å²) < 4.78 is 6.62. The first-order valence-electron chi connectivity index (χ1n) is 4.59. The maximum Gasteiger partial charge on any atom is 0.222 e. The summed E-state index contributed by atoms with van der Waals surface area (Å²) in [5.41, 5.74) is 1.12. The minimum Gasteiger partial charge on any atom is -0.481 e. The molecule has 0 unspecified atom stereocenters. The lowest BCUT2D eigenvalue weighted by atomic mass is 10.1. The van der Waals surface area contributed by atoms with Crippen molar-refractivity contribution >= 4 is 5.78 Å². The molecule has 0 aliphatic rings. The zero-order valence-electron chi connectivity index (χ0n) is 9.07. The van der Waals surface area contributed by atoms with Crippen LogP contribution < -0.4 is 4.74 Å². The Morgan fingerprint density at radius 1 is 1.67 bits per heavy atom. The highest BCUT2D eigenvalue weighted by atomic mass is 16.5. The number of hydrogen-bond acceptors (Lipinski definition) is 4. The van der Waals surface area contributed by atoms with E-state index in [0.717, 1.165) is 0 Å². The van der Waals surface area contributed by atoms with Gasteiger partial charge in [-0.15, -0.1) is 0 Å². The number of rotatable bonds is 4. The minimum atomic E-state index is -0.0981. The van der Waals surface area contributed by atoms with E-state index in [-0.39, 0.29) is 18.6 Å². The van der Waals surface area contributed by atoms with E-state index in [1.54, 1.807) is 14.0 Å². The second-order valence-electron chi connectivity index (χ2n) is 3.17. The summed E-state index contributed by atoms with van der Waals surface area (Å²) in [6, 6.07) is 1.94. The van der Waals surface area contributed by atoms with Gasteiger partial charge in [-0.05, 0) is 6.92 Å². The molecular weight excluding hydrogens is 194 g/mol. The highest BCUT2D eigenvalue weighted by Crippen LogP contribution is 2.22. The van der Waals surface area contributed by atoms with Crippen LogP contribution in [0.4, 0.5) is 0 Å². The van der Waals surface area contributed by atoms with Gasteiger partial charge in [0.15, 0.2) is 5.78 Å². The molecule has 15 heavy (non-hydrogen) atoms. The predicted octanol–water partition coefficient (Wildman–Crippen LogP) is 1.22. The van der Waals surface area contributed by atoms with Gasteiger partial charge in [-0.1, -0.05) is 0 Å². The largest absolute Gasteiger partial charge is 0.481 e. The number of ether oxygens (including phenoxy) is 1. The maximum absolute atomic E-state index is 11.7. The molecule has 0 atom stereocenters. The van der Waals surface area contributed by atoms with Crippen molar-refractivity contribution in [2.24, 2.45) is 7.05 Å². The molecule has 80 valence electrons. The first kappa shape index (κ1) is 11.2. The van der Waals surface area contributed by atoms with Gasteiger partial charge in [0.05, 0.1) is 18.9 Å². The Morgan fingerprint density at radius 2 is 2.33 bits per heavy atom. The van der Waals surface area contributed by atoms with Crippen LogP contribution >= 0.6 is 0 Å². The van der Waals surface area contributed by atoms with Gasteiger partial charge in [-0.25, -0.2) is 4.68 Å². The predicted molar refractivity (Wildman–Crippen MR) is 53.7 cm³/mol. The van der Waals surface area contributed by atoms with Crippen LogP contribution in [0.25, 0.3) is 0 Å². The summed E-state index contributed by atoms with van der Waals surface area (Å²) in [6.45, 7) is 1.75. The minimum absolute atomic E-state index is 0.0981. The molecule has 0 fully saturated rings. The smallest absolute Gasteiger partial charge is 0.222 e. The van der Waals surface area contributed by atoms with Gasteiger partial charge in [-0.3, -0.25) is 4.79 Å². The van der Waals surface area contributed by atoms with Gasteiger partial charge >= 0.3 is 0 Å². The van der Waals surface area contributed by atoms with E-state index >= 15 is 0 Å². The lowest BCUT2D eigenvalue weighted by Crippen LogP contribution is -2.03. The number of nitriles is 1. The van der Waals surface area contributed by atoms with Crippen molar-refractivity contribution in [2.45, 2.75) is 19.8 Å². The Morgan fingerprint density at radius 3 is 2.87 bits per heavy atom. The highest BCUT2D eigenvalue weighted by molar-refractivity contribution is 5.99. The van der Waals surface area contributed by atoms with E-state index in [1.807, 2.05) is 6.07 Å². The van der Waals surface area contributed by atoms with Crippen molar-refractivity contribution in [3.63, 3.8) is 0 Å². The molecule has 0 amide bonds. The number of carbonyl (C=O) groups is 1. The van der Waals surface area contributed by atoms with Gasteiger partial charge in [0, 0.05) is 19.9 Å². The summed E-state index contributed by atoms with van der Waals surface area (Å²) in [5.74, 6) is 0.356. The topological polar surface area (TPSA) is 67.9 Å². The van der Waals surface area contributed by atoms with E-state index in [2.05, 4.69) is 5.10 Å². The number of aromatic nitrogens is 2. The molecule has 5 heteroatoms. The number of carbonyl (C=O) groups excluding carboxylic acids is 1. The van der Waals surface area contributed by atoms with Crippen LogP contribution in [-0.2, 0) is 7.05 Å². The molecule has 1 aromatic heterocycles. The number of hydrogen-bond donors (Lipinski definition) is 0. The summed E-state index contributed by atoms with van der Waals surface area (Å²) in [6.07, 6.45) is 0.426. The van der Waals surface area contributed by atoms with Gasteiger partial charge in [-0.2, -0.15) is 10.4 Å². The first-order valence-corrected chi connectivity index (χ1v) is 4.59.